The second-order valence-electron chi connectivity index (χ2n) is 4.29. The Morgan fingerprint density at radius 2 is 2.12 bits per heavy atom. The molecule has 1 aromatic rings. The summed E-state index contributed by atoms with van der Waals surface area (Å²) < 4.78 is 5.01. The van der Waals surface area contributed by atoms with Crippen molar-refractivity contribution in [3.63, 3.8) is 0 Å². The quantitative estimate of drug-likeness (QED) is 0.577. The Morgan fingerprint density at radius 1 is 1.41 bits per heavy atom. The van der Waals surface area contributed by atoms with Gasteiger partial charge in [-0.2, -0.15) is 0 Å². The molecule has 1 aromatic carbocycles. The summed E-state index contributed by atoms with van der Waals surface area (Å²) in [5.41, 5.74) is 1.80. The predicted molar refractivity (Wildman–Crippen MR) is 62.7 cm³/mol. The Morgan fingerprint density at radius 3 is 2.65 bits per heavy atom. The minimum atomic E-state index is -0.343. The maximum absolute atomic E-state index is 11.5. The Kier molecular flexibility index (Phi) is 2.79. The molecule has 4 nitrogen and oxygen atoms in total. The molecule has 0 bridgehead atoms. The van der Waals surface area contributed by atoms with Gasteiger partial charge in [-0.15, -0.1) is 0 Å². The molecule has 0 aliphatic carbocycles. The van der Waals surface area contributed by atoms with E-state index in [-0.39, 0.29) is 23.6 Å². The number of aromatic hydroxyl groups is 2. The Bertz CT molecular complexity index is 479. The van der Waals surface area contributed by atoms with Gasteiger partial charge in [0.05, 0.1) is 0 Å². The molecule has 1 aliphatic rings. The molecular formula is C13H14O4. The summed E-state index contributed by atoms with van der Waals surface area (Å²) >= 11 is 0. The van der Waals surface area contributed by atoms with Crippen LogP contribution in [-0.4, -0.2) is 22.3 Å². The molecule has 2 rings (SSSR count). The fourth-order valence-electron chi connectivity index (χ4n) is 1.93. The fourth-order valence-corrected chi connectivity index (χ4v) is 1.93. The highest BCUT2D eigenvalue weighted by atomic mass is 16.5. The van der Waals surface area contributed by atoms with E-state index in [0.29, 0.717) is 23.1 Å². The van der Waals surface area contributed by atoms with Crippen molar-refractivity contribution in [1.82, 2.24) is 0 Å². The average molecular weight is 234 g/mol. The molecule has 0 radical (unpaired) electrons. The minimum Gasteiger partial charge on any atom is -0.508 e. The van der Waals surface area contributed by atoms with Crippen molar-refractivity contribution in [3.05, 3.63) is 28.8 Å². The van der Waals surface area contributed by atoms with Gasteiger partial charge in [0.1, 0.15) is 17.6 Å². The molecule has 0 unspecified atom stereocenters. The molecule has 0 aromatic heterocycles. The molecule has 1 atom stereocenters. The molecule has 2 N–H and O–H groups in total. The number of cyclic esters (lactones) is 1. The van der Waals surface area contributed by atoms with E-state index in [2.05, 4.69) is 0 Å². The van der Waals surface area contributed by atoms with Gasteiger partial charge in [0.2, 0.25) is 0 Å². The second-order valence-corrected chi connectivity index (χ2v) is 4.29. The Balaban J connectivity index is 2.42. The van der Waals surface area contributed by atoms with Crippen LogP contribution in [0.15, 0.2) is 17.7 Å². The first-order valence-electron chi connectivity index (χ1n) is 5.41. The Hall–Kier alpha value is -1.97. The zero-order chi connectivity index (χ0) is 12.6. The third kappa shape index (κ3) is 2.25. The van der Waals surface area contributed by atoms with E-state index in [4.69, 9.17) is 4.74 Å². The average Bonchev–Trinajstić information content (AvgIpc) is 2.51. The van der Waals surface area contributed by atoms with Crippen LogP contribution in [0.3, 0.4) is 0 Å². The fraction of sp³-hybridized carbons (Fsp3) is 0.308. The zero-order valence-electron chi connectivity index (χ0n) is 9.73. The number of carbonyl (C=O) groups excluding carboxylic acids is 1. The monoisotopic (exact) mass is 234 g/mol. The number of aryl methyl sites for hydroxylation is 1. The van der Waals surface area contributed by atoms with Crippen LogP contribution >= 0.6 is 0 Å². The van der Waals surface area contributed by atoms with E-state index in [1.165, 1.54) is 12.1 Å². The van der Waals surface area contributed by atoms with Gasteiger partial charge in [-0.1, -0.05) is 0 Å². The molecule has 1 aliphatic heterocycles. The van der Waals surface area contributed by atoms with Crippen molar-refractivity contribution in [2.24, 2.45) is 0 Å². The molecule has 1 heterocycles. The van der Waals surface area contributed by atoms with Crippen LogP contribution < -0.4 is 0 Å². The minimum absolute atomic E-state index is 0.00418. The van der Waals surface area contributed by atoms with E-state index < -0.39 is 0 Å². The van der Waals surface area contributed by atoms with Gasteiger partial charge in [0.25, 0.3) is 0 Å². The number of esters is 1. The largest absolute Gasteiger partial charge is 0.508 e. The summed E-state index contributed by atoms with van der Waals surface area (Å²) in [5.74, 6) is -0.378. The molecule has 17 heavy (non-hydrogen) atoms. The van der Waals surface area contributed by atoms with E-state index in [1.54, 1.807) is 13.0 Å². The molecular weight excluding hydrogens is 220 g/mol. The van der Waals surface area contributed by atoms with Gasteiger partial charge in [-0.25, -0.2) is 4.79 Å². The highest BCUT2D eigenvalue weighted by molar-refractivity contribution is 5.96. The van der Waals surface area contributed by atoms with Crippen molar-refractivity contribution >= 4 is 12.0 Å². The Labute approximate surface area is 99.2 Å². The summed E-state index contributed by atoms with van der Waals surface area (Å²) in [4.78, 5) is 11.5. The molecule has 4 heteroatoms. The highest BCUT2D eigenvalue weighted by Gasteiger charge is 2.25. The number of phenolic OH excluding ortho intramolecular Hbond substituents is 2. The summed E-state index contributed by atoms with van der Waals surface area (Å²) in [5, 5.41) is 19.0. The summed E-state index contributed by atoms with van der Waals surface area (Å²) in [6.07, 6.45) is 2.04. The van der Waals surface area contributed by atoms with Gasteiger partial charge in [-0.05, 0) is 31.6 Å². The SMILES string of the molecule is Cc1cc(O)cc(O)c1/C=C1/C[C@@H](C)OC1=O. The number of benzene rings is 1. The second kappa shape index (κ2) is 4.13. The molecule has 1 saturated heterocycles. The maximum atomic E-state index is 11.5. The lowest BCUT2D eigenvalue weighted by Crippen LogP contribution is -1.99. The first kappa shape index (κ1) is 11.5. The van der Waals surface area contributed by atoms with Crippen LogP contribution in [0.1, 0.15) is 24.5 Å². The zero-order valence-corrected chi connectivity index (χ0v) is 9.73. The molecule has 1 fully saturated rings. The topological polar surface area (TPSA) is 66.8 Å². The van der Waals surface area contributed by atoms with Gasteiger partial charge >= 0.3 is 5.97 Å². The maximum Gasteiger partial charge on any atom is 0.334 e. The van der Waals surface area contributed by atoms with E-state index in [0.717, 1.165) is 0 Å². The molecule has 0 amide bonds. The highest BCUT2D eigenvalue weighted by Crippen LogP contribution is 2.31. The van der Waals surface area contributed by atoms with Crippen molar-refractivity contribution in [2.75, 3.05) is 0 Å². The number of carbonyl (C=O) groups is 1. The molecule has 0 saturated carbocycles. The van der Waals surface area contributed by atoms with Crippen LogP contribution in [0, 0.1) is 6.92 Å². The van der Waals surface area contributed by atoms with Gasteiger partial charge < -0.3 is 14.9 Å². The lowest BCUT2D eigenvalue weighted by molar-refractivity contribution is -0.138. The normalized spacial score (nSPS) is 21.9. The number of hydrogen-bond donors (Lipinski definition) is 2. The van der Waals surface area contributed by atoms with E-state index >= 15 is 0 Å². The predicted octanol–water partition coefficient (Wildman–Crippen LogP) is 2.13. The number of ether oxygens (including phenoxy) is 1. The van der Waals surface area contributed by atoms with Crippen LogP contribution in [-0.2, 0) is 9.53 Å². The first-order chi connectivity index (χ1) is 7.97. The lowest BCUT2D eigenvalue weighted by atomic mass is 10.0. The third-order valence-corrected chi connectivity index (χ3v) is 2.75. The van der Waals surface area contributed by atoms with Crippen LogP contribution in [0.4, 0.5) is 0 Å². The number of rotatable bonds is 1. The number of phenols is 2. The summed E-state index contributed by atoms with van der Waals surface area (Å²) in [6.45, 7) is 3.58. The lowest BCUT2D eigenvalue weighted by Gasteiger charge is -2.05. The van der Waals surface area contributed by atoms with E-state index in [1.807, 2.05) is 6.92 Å². The van der Waals surface area contributed by atoms with Crippen LogP contribution in [0.2, 0.25) is 0 Å². The van der Waals surface area contributed by atoms with Crippen molar-refractivity contribution in [3.8, 4) is 11.5 Å². The summed E-state index contributed by atoms with van der Waals surface area (Å²) in [6, 6.07) is 2.79. The summed E-state index contributed by atoms with van der Waals surface area (Å²) in [7, 11) is 0. The van der Waals surface area contributed by atoms with Crippen molar-refractivity contribution in [2.45, 2.75) is 26.4 Å². The van der Waals surface area contributed by atoms with Crippen molar-refractivity contribution in [1.29, 1.82) is 0 Å². The molecule has 90 valence electrons. The van der Waals surface area contributed by atoms with Gasteiger partial charge in [-0.3, -0.25) is 0 Å². The van der Waals surface area contributed by atoms with Gasteiger partial charge in [0.15, 0.2) is 0 Å². The van der Waals surface area contributed by atoms with Crippen molar-refractivity contribution < 1.29 is 19.7 Å². The van der Waals surface area contributed by atoms with Crippen LogP contribution in [0.25, 0.3) is 6.08 Å². The molecule has 0 spiro atoms. The first-order valence-corrected chi connectivity index (χ1v) is 5.41. The third-order valence-electron chi connectivity index (χ3n) is 2.75. The standard InChI is InChI=1S/C13H14O4/c1-7-3-10(14)6-12(15)11(7)5-9-4-8(2)17-13(9)16/h3,5-6,8,14-15H,4H2,1-2H3/b9-5-/t8-/m1/s1. The number of hydrogen-bond acceptors (Lipinski definition) is 4. The van der Waals surface area contributed by atoms with E-state index in [9.17, 15) is 15.0 Å². The van der Waals surface area contributed by atoms with Crippen LogP contribution in [0.5, 0.6) is 11.5 Å². The smallest absolute Gasteiger partial charge is 0.334 e. The van der Waals surface area contributed by atoms with Gasteiger partial charge in [0, 0.05) is 23.6 Å².